The highest BCUT2D eigenvalue weighted by Crippen LogP contribution is 2.08. The average Bonchev–Trinajstić information content (AvgIpc) is 2.62. The fourth-order valence-electron chi connectivity index (χ4n) is 3.18. The summed E-state index contributed by atoms with van der Waals surface area (Å²) in [5, 5.41) is 5.62. The number of carbonyl (C=O) groups excluding carboxylic acids is 3. The number of amides is 3. The van der Waals surface area contributed by atoms with Gasteiger partial charge in [-0.3, -0.25) is 24.2 Å². The van der Waals surface area contributed by atoms with Crippen molar-refractivity contribution < 1.29 is 18.8 Å². The zero-order valence-corrected chi connectivity index (χ0v) is 18.2. The van der Waals surface area contributed by atoms with Crippen LogP contribution < -0.4 is 10.6 Å². The van der Waals surface area contributed by atoms with Gasteiger partial charge in [0.1, 0.15) is 5.82 Å². The van der Waals surface area contributed by atoms with Crippen molar-refractivity contribution in [3.63, 3.8) is 0 Å². The van der Waals surface area contributed by atoms with E-state index in [1.54, 1.807) is 16.8 Å². The molecule has 0 bridgehead atoms. The first-order valence-electron chi connectivity index (χ1n) is 10.1. The lowest BCUT2D eigenvalue weighted by Gasteiger charge is -2.35. The summed E-state index contributed by atoms with van der Waals surface area (Å²) in [6, 6.07) is 5.52. The molecule has 8 nitrogen and oxygen atoms in total. The number of piperazine rings is 1. The molecule has 1 aliphatic rings. The van der Waals surface area contributed by atoms with Crippen LogP contribution in [-0.4, -0.2) is 90.8 Å². The molecule has 166 valence electrons. The van der Waals surface area contributed by atoms with Crippen LogP contribution in [0.4, 0.5) is 10.1 Å². The molecular weight excluding hydrogens is 389 g/mol. The Morgan fingerprint density at radius 3 is 2.17 bits per heavy atom. The van der Waals surface area contributed by atoms with Crippen LogP contribution in [0, 0.1) is 5.82 Å². The Morgan fingerprint density at radius 1 is 1.00 bits per heavy atom. The predicted molar refractivity (Wildman–Crippen MR) is 113 cm³/mol. The molecule has 0 atom stereocenters. The average molecular weight is 422 g/mol. The van der Waals surface area contributed by atoms with Crippen LogP contribution >= 0.6 is 0 Å². The molecule has 30 heavy (non-hydrogen) atoms. The first-order chi connectivity index (χ1) is 14.0. The predicted octanol–water partition coefficient (Wildman–Crippen LogP) is 0.755. The molecule has 0 spiro atoms. The quantitative estimate of drug-likeness (QED) is 0.679. The summed E-state index contributed by atoms with van der Waals surface area (Å²) in [6.07, 6.45) is 0. The third-order valence-corrected chi connectivity index (χ3v) is 4.55. The summed E-state index contributed by atoms with van der Waals surface area (Å²) in [5.41, 5.74) is 0.246. The van der Waals surface area contributed by atoms with Gasteiger partial charge in [-0.2, -0.15) is 0 Å². The van der Waals surface area contributed by atoms with E-state index in [-0.39, 0.29) is 42.2 Å². The van der Waals surface area contributed by atoms with E-state index < -0.39 is 0 Å². The number of hydrogen-bond acceptors (Lipinski definition) is 5. The number of benzene rings is 1. The SMILES string of the molecule is CN(CC(=O)Nc1ccc(F)cc1)CC(=O)N1CCN(CC(=O)NC(C)(C)C)CC1. The molecule has 1 fully saturated rings. The largest absolute Gasteiger partial charge is 0.350 e. The van der Waals surface area contributed by atoms with Crippen molar-refractivity contribution in [1.29, 1.82) is 0 Å². The van der Waals surface area contributed by atoms with Crippen LogP contribution in [0.25, 0.3) is 0 Å². The molecule has 2 rings (SSSR count). The molecule has 1 aromatic carbocycles. The van der Waals surface area contributed by atoms with Gasteiger partial charge in [0.2, 0.25) is 17.7 Å². The summed E-state index contributed by atoms with van der Waals surface area (Å²) < 4.78 is 12.9. The molecule has 2 N–H and O–H groups in total. The maximum absolute atomic E-state index is 12.9. The molecular formula is C21H32FN5O3. The van der Waals surface area contributed by atoms with Crippen molar-refractivity contribution in [2.45, 2.75) is 26.3 Å². The first-order valence-corrected chi connectivity index (χ1v) is 10.1. The molecule has 0 saturated carbocycles. The molecule has 3 amide bonds. The Balaban J connectivity index is 1.70. The van der Waals surface area contributed by atoms with E-state index in [0.29, 0.717) is 38.4 Å². The van der Waals surface area contributed by atoms with E-state index in [4.69, 9.17) is 0 Å². The third-order valence-electron chi connectivity index (χ3n) is 4.55. The smallest absolute Gasteiger partial charge is 0.238 e. The van der Waals surface area contributed by atoms with Crippen molar-refractivity contribution in [2.75, 3.05) is 58.2 Å². The Bertz CT molecular complexity index is 740. The van der Waals surface area contributed by atoms with E-state index >= 15 is 0 Å². The van der Waals surface area contributed by atoms with Crippen LogP contribution in [0.2, 0.25) is 0 Å². The van der Waals surface area contributed by atoms with Crippen LogP contribution in [0.15, 0.2) is 24.3 Å². The Kier molecular flexibility index (Phi) is 8.31. The summed E-state index contributed by atoms with van der Waals surface area (Å²) in [5.74, 6) is -0.711. The summed E-state index contributed by atoms with van der Waals surface area (Å²) in [4.78, 5) is 42.1. The topological polar surface area (TPSA) is 85.0 Å². The van der Waals surface area contributed by atoms with Crippen LogP contribution in [-0.2, 0) is 14.4 Å². The van der Waals surface area contributed by atoms with E-state index in [1.165, 1.54) is 24.3 Å². The van der Waals surface area contributed by atoms with Gasteiger partial charge in [-0.1, -0.05) is 0 Å². The van der Waals surface area contributed by atoms with Crippen molar-refractivity contribution in [2.24, 2.45) is 0 Å². The number of halogens is 1. The summed E-state index contributed by atoms with van der Waals surface area (Å²) >= 11 is 0. The standard InChI is InChI=1S/C21H32FN5O3/c1-21(2,3)24-19(29)14-26-9-11-27(12-10-26)20(30)15-25(4)13-18(28)23-17-7-5-16(22)6-8-17/h5-8H,9-15H2,1-4H3,(H,23,28)(H,24,29). The van der Waals surface area contributed by atoms with E-state index in [9.17, 15) is 18.8 Å². The van der Waals surface area contributed by atoms with Gasteiger partial charge in [-0.25, -0.2) is 4.39 Å². The minimum Gasteiger partial charge on any atom is -0.350 e. The molecule has 1 aromatic rings. The van der Waals surface area contributed by atoms with Crippen molar-refractivity contribution in [3.05, 3.63) is 30.1 Å². The number of rotatable bonds is 7. The normalized spacial score (nSPS) is 15.2. The minimum absolute atomic E-state index is 0.0193. The number of nitrogens with one attached hydrogen (secondary N) is 2. The molecule has 0 aromatic heterocycles. The lowest BCUT2D eigenvalue weighted by atomic mass is 10.1. The van der Waals surface area contributed by atoms with E-state index in [0.717, 1.165) is 0 Å². The highest BCUT2D eigenvalue weighted by Gasteiger charge is 2.24. The maximum Gasteiger partial charge on any atom is 0.238 e. The second-order valence-corrected chi connectivity index (χ2v) is 8.68. The van der Waals surface area contributed by atoms with Crippen LogP contribution in [0.5, 0.6) is 0 Å². The van der Waals surface area contributed by atoms with Gasteiger partial charge in [0, 0.05) is 37.4 Å². The first kappa shape index (κ1) is 23.8. The number of hydrogen-bond donors (Lipinski definition) is 2. The van der Waals surface area contributed by atoms with Gasteiger partial charge in [-0.15, -0.1) is 0 Å². The number of carbonyl (C=O) groups is 3. The highest BCUT2D eigenvalue weighted by molar-refractivity contribution is 5.92. The lowest BCUT2D eigenvalue weighted by molar-refractivity contribution is -0.134. The van der Waals surface area contributed by atoms with Crippen molar-refractivity contribution >= 4 is 23.4 Å². The molecule has 1 saturated heterocycles. The van der Waals surface area contributed by atoms with Gasteiger partial charge in [0.15, 0.2) is 0 Å². The fourth-order valence-corrected chi connectivity index (χ4v) is 3.18. The zero-order chi connectivity index (χ0) is 22.3. The molecule has 0 radical (unpaired) electrons. The monoisotopic (exact) mass is 421 g/mol. The van der Waals surface area contributed by atoms with E-state index in [1.807, 2.05) is 25.7 Å². The highest BCUT2D eigenvalue weighted by atomic mass is 19.1. The summed E-state index contributed by atoms with van der Waals surface area (Å²) in [6.45, 7) is 8.71. The van der Waals surface area contributed by atoms with Crippen molar-refractivity contribution in [3.8, 4) is 0 Å². The van der Waals surface area contributed by atoms with Crippen LogP contribution in [0.1, 0.15) is 20.8 Å². The number of nitrogens with zero attached hydrogens (tertiary/aromatic N) is 3. The Labute approximate surface area is 177 Å². The number of likely N-dealkylation sites (N-methyl/N-ethyl adjacent to an activating group) is 1. The summed E-state index contributed by atoms with van der Waals surface area (Å²) in [7, 11) is 1.70. The van der Waals surface area contributed by atoms with Gasteiger partial charge >= 0.3 is 0 Å². The lowest BCUT2D eigenvalue weighted by Crippen LogP contribution is -2.54. The van der Waals surface area contributed by atoms with Gasteiger partial charge in [0.25, 0.3) is 0 Å². The molecule has 0 aliphatic carbocycles. The van der Waals surface area contributed by atoms with Crippen molar-refractivity contribution in [1.82, 2.24) is 20.0 Å². The van der Waals surface area contributed by atoms with Crippen LogP contribution in [0.3, 0.4) is 0 Å². The molecule has 0 unspecified atom stereocenters. The number of anilines is 1. The fraction of sp³-hybridized carbons (Fsp3) is 0.571. The maximum atomic E-state index is 12.9. The zero-order valence-electron chi connectivity index (χ0n) is 18.2. The van der Waals surface area contributed by atoms with Gasteiger partial charge in [0.05, 0.1) is 19.6 Å². The second-order valence-electron chi connectivity index (χ2n) is 8.68. The molecule has 1 heterocycles. The minimum atomic E-state index is -0.370. The molecule has 1 aliphatic heterocycles. The van der Waals surface area contributed by atoms with Gasteiger partial charge in [-0.05, 0) is 52.1 Å². The van der Waals surface area contributed by atoms with E-state index in [2.05, 4.69) is 10.6 Å². The Morgan fingerprint density at radius 2 is 1.60 bits per heavy atom. The van der Waals surface area contributed by atoms with Gasteiger partial charge < -0.3 is 15.5 Å². The Hall–Kier alpha value is -2.52. The molecule has 9 heteroatoms. The third kappa shape index (κ3) is 8.46. The second kappa shape index (κ2) is 10.5.